The van der Waals surface area contributed by atoms with Crippen LogP contribution >= 0.6 is 0 Å². The number of ether oxygens (including phenoxy) is 2. The molecular formula is C28H28N4O4. The highest BCUT2D eigenvalue weighted by atomic mass is 16.5. The number of aromatic nitrogens is 2. The fourth-order valence-corrected chi connectivity index (χ4v) is 4.70. The van der Waals surface area contributed by atoms with E-state index in [1.807, 2.05) is 48.5 Å². The van der Waals surface area contributed by atoms with E-state index in [0.717, 1.165) is 35.0 Å². The molecule has 1 aromatic heterocycles. The van der Waals surface area contributed by atoms with Crippen LogP contribution < -0.4 is 19.7 Å². The van der Waals surface area contributed by atoms with Crippen molar-refractivity contribution in [1.29, 1.82) is 0 Å². The number of carbonyl (C=O) groups excluding carboxylic acids is 2. The van der Waals surface area contributed by atoms with E-state index in [0.29, 0.717) is 22.9 Å². The molecule has 1 heterocycles. The van der Waals surface area contributed by atoms with Crippen LogP contribution in [0.15, 0.2) is 66.7 Å². The molecule has 8 heteroatoms. The molecule has 2 amide bonds. The second-order valence-electron chi connectivity index (χ2n) is 8.97. The van der Waals surface area contributed by atoms with Crippen LogP contribution in [0.2, 0.25) is 0 Å². The van der Waals surface area contributed by atoms with Crippen LogP contribution in [0.4, 0.5) is 11.5 Å². The number of hydrogen-bond acceptors (Lipinski definition) is 5. The maximum absolute atomic E-state index is 12.8. The van der Waals surface area contributed by atoms with Gasteiger partial charge in [-0.05, 0) is 36.4 Å². The SMILES string of the molecule is COc1cc(OC)cc(C(=O)NC2CC(c3cc(N(C(C)=O)c4cccc5ccccc45)n[nH]3)C2)c1. The van der Waals surface area contributed by atoms with Gasteiger partial charge in [-0.1, -0.05) is 36.4 Å². The summed E-state index contributed by atoms with van der Waals surface area (Å²) in [6, 6.07) is 21.0. The van der Waals surface area contributed by atoms with Crippen molar-refractivity contribution in [3.05, 3.63) is 78.0 Å². The van der Waals surface area contributed by atoms with Gasteiger partial charge in [0.05, 0.1) is 19.9 Å². The summed E-state index contributed by atoms with van der Waals surface area (Å²) in [7, 11) is 3.11. The summed E-state index contributed by atoms with van der Waals surface area (Å²) in [6.45, 7) is 1.54. The predicted octanol–water partition coefficient (Wildman–Crippen LogP) is 4.94. The minimum absolute atomic E-state index is 0.0495. The van der Waals surface area contributed by atoms with Crippen LogP contribution in [0.1, 0.15) is 41.7 Å². The molecule has 0 bridgehead atoms. The van der Waals surface area contributed by atoms with Gasteiger partial charge in [0.15, 0.2) is 5.82 Å². The Morgan fingerprint density at radius 3 is 2.36 bits per heavy atom. The number of carbonyl (C=O) groups is 2. The lowest BCUT2D eigenvalue weighted by atomic mass is 9.78. The summed E-state index contributed by atoms with van der Waals surface area (Å²) in [6.07, 6.45) is 1.56. The van der Waals surface area contributed by atoms with Crippen molar-refractivity contribution < 1.29 is 19.1 Å². The van der Waals surface area contributed by atoms with Gasteiger partial charge in [0, 0.05) is 47.7 Å². The van der Waals surface area contributed by atoms with Crippen LogP contribution in [0.3, 0.4) is 0 Å². The lowest BCUT2D eigenvalue weighted by molar-refractivity contribution is -0.115. The molecule has 1 aliphatic carbocycles. The average Bonchev–Trinajstić information content (AvgIpc) is 3.34. The number of anilines is 2. The summed E-state index contributed by atoms with van der Waals surface area (Å²) in [5.41, 5.74) is 2.24. The van der Waals surface area contributed by atoms with E-state index in [1.54, 1.807) is 44.2 Å². The Bertz CT molecular complexity index is 1400. The minimum Gasteiger partial charge on any atom is -0.497 e. The lowest BCUT2D eigenvalue weighted by Crippen LogP contribution is -2.43. The van der Waals surface area contributed by atoms with Gasteiger partial charge in [0.25, 0.3) is 5.91 Å². The van der Waals surface area contributed by atoms with Gasteiger partial charge in [-0.15, -0.1) is 0 Å². The number of methoxy groups -OCH3 is 2. The zero-order valence-corrected chi connectivity index (χ0v) is 20.4. The third kappa shape index (κ3) is 4.49. The molecule has 1 saturated carbocycles. The normalized spacial score (nSPS) is 16.8. The van der Waals surface area contributed by atoms with E-state index in [4.69, 9.17) is 9.47 Å². The highest BCUT2D eigenvalue weighted by molar-refractivity contribution is 6.07. The number of H-pyrrole nitrogens is 1. The lowest BCUT2D eigenvalue weighted by Gasteiger charge is -2.35. The molecule has 1 fully saturated rings. The maximum atomic E-state index is 12.8. The molecule has 0 unspecified atom stereocenters. The number of nitrogens with one attached hydrogen (secondary N) is 2. The second kappa shape index (κ2) is 9.73. The van der Waals surface area contributed by atoms with Crippen LogP contribution in [0.5, 0.6) is 11.5 Å². The standard InChI is InChI=1S/C28H28N4O4/c1-17(33)32(26-10-6-8-18-7-4-5-9-24(18)26)27-16-25(30-31-27)19-11-21(12-19)29-28(34)20-13-22(35-2)15-23(14-20)36-3/h4-10,13-16,19,21H,11-12H2,1-3H3,(H,29,34)(H,30,31). The third-order valence-corrected chi connectivity index (χ3v) is 6.66. The minimum atomic E-state index is -0.167. The molecule has 8 nitrogen and oxygen atoms in total. The van der Waals surface area contributed by atoms with Gasteiger partial charge < -0.3 is 14.8 Å². The van der Waals surface area contributed by atoms with Crippen molar-refractivity contribution in [3.8, 4) is 11.5 Å². The van der Waals surface area contributed by atoms with E-state index in [-0.39, 0.29) is 23.8 Å². The van der Waals surface area contributed by atoms with E-state index in [9.17, 15) is 9.59 Å². The molecule has 0 radical (unpaired) electrons. The van der Waals surface area contributed by atoms with Crippen LogP contribution in [-0.2, 0) is 4.79 Å². The van der Waals surface area contributed by atoms with Crippen molar-refractivity contribution >= 4 is 34.1 Å². The molecule has 0 atom stereocenters. The average molecular weight is 485 g/mol. The van der Waals surface area contributed by atoms with E-state index in [2.05, 4.69) is 15.5 Å². The Balaban J connectivity index is 1.28. The topological polar surface area (TPSA) is 96.6 Å². The predicted molar refractivity (Wildman–Crippen MR) is 138 cm³/mol. The Morgan fingerprint density at radius 2 is 1.67 bits per heavy atom. The quantitative estimate of drug-likeness (QED) is 0.387. The highest BCUT2D eigenvalue weighted by Gasteiger charge is 2.33. The summed E-state index contributed by atoms with van der Waals surface area (Å²) >= 11 is 0. The Kier molecular flexibility index (Phi) is 6.33. The van der Waals surface area contributed by atoms with Crippen LogP contribution in [0, 0.1) is 0 Å². The smallest absolute Gasteiger partial charge is 0.251 e. The Hall–Kier alpha value is -4.33. The molecule has 36 heavy (non-hydrogen) atoms. The molecule has 4 aromatic rings. The first-order chi connectivity index (χ1) is 17.5. The summed E-state index contributed by atoms with van der Waals surface area (Å²) in [5, 5.41) is 12.7. The first-order valence-electron chi connectivity index (χ1n) is 11.8. The molecule has 0 saturated heterocycles. The fraction of sp³-hybridized carbons (Fsp3) is 0.250. The van der Waals surface area contributed by atoms with Crippen molar-refractivity contribution in [2.75, 3.05) is 19.1 Å². The van der Waals surface area contributed by atoms with E-state index < -0.39 is 0 Å². The molecule has 0 aliphatic heterocycles. The number of benzene rings is 3. The first-order valence-corrected chi connectivity index (χ1v) is 11.8. The zero-order chi connectivity index (χ0) is 25.2. The van der Waals surface area contributed by atoms with Gasteiger partial charge >= 0.3 is 0 Å². The number of hydrogen-bond donors (Lipinski definition) is 2. The molecule has 0 spiro atoms. The zero-order valence-electron chi connectivity index (χ0n) is 20.4. The Morgan fingerprint density at radius 1 is 0.972 bits per heavy atom. The Labute approximate surface area is 209 Å². The fourth-order valence-electron chi connectivity index (χ4n) is 4.70. The number of nitrogens with zero attached hydrogens (tertiary/aromatic N) is 2. The maximum Gasteiger partial charge on any atom is 0.251 e. The number of amides is 2. The highest BCUT2D eigenvalue weighted by Crippen LogP contribution is 2.39. The summed E-state index contributed by atoms with van der Waals surface area (Å²) < 4.78 is 10.5. The van der Waals surface area contributed by atoms with Crippen molar-refractivity contribution in [2.45, 2.75) is 31.7 Å². The third-order valence-electron chi connectivity index (χ3n) is 6.66. The summed E-state index contributed by atoms with van der Waals surface area (Å²) in [5.74, 6) is 1.63. The number of rotatable bonds is 7. The van der Waals surface area contributed by atoms with Crippen molar-refractivity contribution in [3.63, 3.8) is 0 Å². The van der Waals surface area contributed by atoms with Gasteiger partial charge in [-0.25, -0.2) is 0 Å². The van der Waals surface area contributed by atoms with Gasteiger partial charge in [0.1, 0.15) is 11.5 Å². The van der Waals surface area contributed by atoms with Gasteiger partial charge in [-0.3, -0.25) is 19.6 Å². The van der Waals surface area contributed by atoms with Crippen LogP contribution in [-0.4, -0.2) is 42.3 Å². The monoisotopic (exact) mass is 484 g/mol. The molecular weight excluding hydrogens is 456 g/mol. The molecule has 5 rings (SSSR count). The molecule has 3 aromatic carbocycles. The number of aromatic amines is 1. The molecule has 184 valence electrons. The van der Waals surface area contributed by atoms with Gasteiger partial charge in [0.2, 0.25) is 5.91 Å². The van der Waals surface area contributed by atoms with Crippen molar-refractivity contribution in [2.24, 2.45) is 0 Å². The second-order valence-corrected chi connectivity index (χ2v) is 8.97. The first kappa shape index (κ1) is 23.4. The van der Waals surface area contributed by atoms with Crippen molar-refractivity contribution in [1.82, 2.24) is 15.5 Å². The molecule has 1 aliphatic rings. The summed E-state index contributed by atoms with van der Waals surface area (Å²) in [4.78, 5) is 27.1. The van der Waals surface area contributed by atoms with E-state index >= 15 is 0 Å². The van der Waals surface area contributed by atoms with E-state index in [1.165, 1.54) is 0 Å². The van der Waals surface area contributed by atoms with Gasteiger partial charge in [-0.2, -0.15) is 5.10 Å². The number of fused-ring (bicyclic) bond motifs is 1. The molecule has 2 N–H and O–H groups in total. The largest absolute Gasteiger partial charge is 0.497 e. The van der Waals surface area contributed by atoms with Crippen LogP contribution in [0.25, 0.3) is 10.8 Å².